The van der Waals surface area contributed by atoms with Crippen LogP contribution in [0.1, 0.15) is 73.5 Å². The fourth-order valence-electron chi connectivity index (χ4n) is 6.18. The van der Waals surface area contributed by atoms with Crippen molar-refractivity contribution in [3.63, 3.8) is 0 Å². The highest BCUT2D eigenvalue weighted by Crippen LogP contribution is 2.44. The van der Waals surface area contributed by atoms with Gasteiger partial charge in [-0.15, -0.1) is 11.3 Å². The molecule has 1 aliphatic carbocycles. The van der Waals surface area contributed by atoms with Crippen LogP contribution in [0.3, 0.4) is 0 Å². The first-order chi connectivity index (χ1) is 18.0. The molecule has 6 nitrogen and oxygen atoms in total. The lowest BCUT2D eigenvalue weighted by molar-refractivity contribution is -0.145. The van der Waals surface area contributed by atoms with Crippen molar-refractivity contribution in [1.29, 1.82) is 0 Å². The van der Waals surface area contributed by atoms with E-state index in [1.807, 2.05) is 53.9 Å². The van der Waals surface area contributed by atoms with Gasteiger partial charge in [0.05, 0.1) is 11.2 Å². The maximum Gasteiger partial charge on any atom is 0.263 e. The molecule has 3 aromatic rings. The third kappa shape index (κ3) is 5.52. The van der Waals surface area contributed by atoms with Crippen molar-refractivity contribution < 1.29 is 9.59 Å². The van der Waals surface area contributed by atoms with E-state index < -0.39 is 0 Å². The molecule has 1 saturated carbocycles. The molecule has 1 atom stereocenters. The van der Waals surface area contributed by atoms with E-state index in [9.17, 15) is 9.59 Å². The highest BCUT2D eigenvalue weighted by atomic mass is 32.1. The molecular weight excluding hydrogens is 480 g/mol. The summed E-state index contributed by atoms with van der Waals surface area (Å²) >= 11 is 1.47. The number of likely N-dealkylation sites (tertiary alicyclic amines) is 1. The van der Waals surface area contributed by atoms with E-state index in [1.165, 1.54) is 17.8 Å². The zero-order valence-electron chi connectivity index (χ0n) is 22.0. The van der Waals surface area contributed by atoms with Crippen LogP contribution in [-0.2, 0) is 11.3 Å². The number of hydrogen-bond donors (Lipinski definition) is 2. The van der Waals surface area contributed by atoms with E-state index in [-0.39, 0.29) is 17.4 Å². The third-order valence-corrected chi connectivity index (χ3v) is 9.55. The number of carbonyl (C=O) groups is 2. The smallest absolute Gasteiger partial charge is 0.263 e. The molecule has 2 aliphatic rings. The lowest BCUT2D eigenvalue weighted by Crippen LogP contribution is -2.49. The Balaban J connectivity index is 1.20. The molecule has 37 heavy (non-hydrogen) atoms. The number of fused-ring (bicyclic) bond motifs is 1. The molecule has 3 heterocycles. The SMILES string of the molecule is CCC1CCN(C)C(=O)C2(CC1)CCC(NC(=O)c1sccc1NCc1ccnc3ccccc13)CC2. The fourth-order valence-corrected chi connectivity index (χ4v) is 6.95. The van der Waals surface area contributed by atoms with E-state index in [1.54, 1.807) is 0 Å². The van der Waals surface area contributed by atoms with Crippen molar-refractivity contribution in [3.8, 4) is 0 Å². The van der Waals surface area contributed by atoms with E-state index in [0.29, 0.717) is 23.2 Å². The molecule has 1 unspecified atom stereocenters. The largest absolute Gasteiger partial charge is 0.380 e. The number of aromatic nitrogens is 1. The highest BCUT2D eigenvalue weighted by Gasteiger charge is 2.44. The summed E-state index contributed by atoms with van der Waals surface area (Å²) in [7, 11) is 1.97. The van der Waals surface area contributed by atoms with Gasteiger partial charge in [-0.25, -0.2) is 0 Å². The van der Waals surface area contributed by atoms with Gasteiger partial charge in [0.2, 0.25) is 5.91 Å². The zero-order valence-corrected chi connectivity index (χ0v) is 22.8. The van der Waals surface area contributed by atoms with E-state index in [4.69, 9.17) is 0 Å². The summed E-state index contributed by atoms with van der Waals surface area (Å²) in [5.74, 6) is 1.00. The van der Waals surface area contributed by atoms with Crippen molar-refractivity contribution in [2.75, 3.05) is 18.9 Å². The number of rotatable bonds is 6. The Morgan fingerprint density at radius 3 is 2.70 bits per heavy atom. The van der Waals surface area contributed by atoms with Gasteiger partial charge in [0.15, 0.2) is 0 Å². The maximum absolute atomic E-state index is 13.3. The number of carbonyl (C=O) groups excluding carboxylic acids is 2. The molecule has 1 spiro atoms. The number of nitrogens with one attached hydrogen (secondary N) is 2. The summed E-state index contributed by atoms with van der Waals surface area (Å²) in [4.78, 5) is 33.7. The Kier molecular flexibility index (Phi) is 7.79. The molecule has 1 aliphatic heterocycles. The molecule has 2 N–H and O–H groups in total. The van der Waals surface area contributed by atoms with E-state index >= 15 is 0 Å². The second-order valence-corrected chi connectivity index (χ2v) is 11.8. The lowest BCUT2D eigenvalue weighted by Gasteiger charge is -2.43. The Labute approximate surface area is 223 Å². The monoisotopic (exact) mass is 518 g/mol. The van der Waals surface area contributed by atoms with Crippen LogP contribution in [0.4, 0.5) is 5.69 Å². The van der Waals surface area contributed by atoms with Crippen LogP contribution < -0.4 is 10.6 Å². The van der Waals surface area contributed by atoms with Gasteiger partial charge in [-0.3, -0.25) is 14.6 Å². The van der Waals surface area contributed by atoms with Gasteiger partial charge in [-0.1, -0.05) is 31.5 Å². The minimum atomic E-state index is -0.243. The molecule has 2 amide bonds. The summed E-state index contributed by atoms with van der Waals surface area (Å²) in [5.41, 5.74) is 2.74. The summed E-state index contributed by atoms with van der Waals surface area (Å²) in [5, 5.41) is 9.84. The molecule has 2 aromatic heterocycles. The van der Waals surface area contributed by atoms with Gasteiger partial charge >= 0.3 is 0 Å². The van der Waals surface area contributed by atoms with E-state index in [0.717, 1.165) is 73.6 Å². The van der Waals surface area contributed by atoms with Crippen LogP contribution in [0.15, 0.2) is 48.0 Å². The number of anilines is 1. The predicted octanol–water partition coefficient (Wildman–Crippen LogP) is 6.24. The second-order valence-electron chi connectivity index (χ2n) is 10.9. The predicted molar refractivity (Wildman–Crippen MR) is 151 cm³/mol. The standard InChI is InChI=1S/C30H38N4O2S/c1-3-21-8-14-30(29(36)34(2)18-12-21)15-9-23(10-16-30)33-28(35)27-26(13-19-37-27)32-20-22-11-17-31-25-7-5-4-6-24(22)25/h4-7,11,13,17,19,21,23,32H,3,8-10,12,14-16,18,20H2,1-2H3,(H,33,35). The van der Waals surface area contributed by atoms with Crippen LogP contribution in [0.25, 0.3) is 10.9 Å². The van der Waals surface area contributed by atoms with Crippen LogP contribution in [-0.4, -0.2) is 41.3 Å². The average molecular weight is 519 g/mol. The lowest BCUT2D eigenvalue weighted by atomic mass is 9.67. The molecule has 5 rings (SSSR count). The minimum absolute atomic E-state index is 0.0230. The molecule has 1 saturated heterocycles. The van der Waals surface area contributed by atoms with Gasteiger partial charge < -0.3 is 15.5 Å². The number of thiophene rings is 1. The first-order valence-electron chi connectivity index (χ1n) is 13.7. The minimum Gasteiger partial charge on any atom is -0.380 e. The second kappa shape index (κ2) is 11.2. The van der Waals surface area contributed by atoms with Crippen molar-refractivity contribution in [2.24, 2.45) is 11.3 Å². The molecule has 0 bridgehead atoms. The third-order valence-electron chi connectivity index (χ3n) is 8.64. The molecule has 1 aromatic carbocycles. The van der Waals surface area contributed by atoms with Crippen LogP contribution >= 0.6 is 11.3 Å². The first-order valence-corrected chi connectivity index (χ1v) is 14.6. The van der Waals surface area contributed by atoms with Crippen molar-refractivity contribution in [1.82, 2.24) is 15.2 Å². The number of hydrogen-bond acceptors (Lipinski definition) is 5. The maximum atomic E-state index is 13.3. The average Bonchev–Trinajstić information content (AvgIpc) is 3.40. The Morgan fingerprint density at radius 1 is 1.11 bits per heavy atom. The molecule has 196 valence electrons. The highest BCUT2D eigenvalue weighted by molar-refractivity contribution is 7.12. The van der Waals surface area contributed by atoms with Crippen LogP contribution in [0, 0.1) is 11.3 Å². The summed E-state index contributed by atoms with van der Waals surface area (Å²) in [6.07, 6.45) is 9.70. The molecule has 7 heteroatoms. The number of amides is 2. The number of pyridine rings is 1. The zero-order chi connectivity index (χ0) is 25.8. The van der Waals surface area contributed by atoms with Gasteiger partial charge in [0, 0.05) is 43.2 Å². The summed E-state index contributed by atoms with van der Waals surface area (Å²) in [6, 6.07) is 12.2. The van der Waals surface area contributed by atoms with Gasteiger partial charge in [0.1, 0.15) is 4.88 Å². The topological polar surface area (TPSA) is 74.3 Å². The van der Waals surface area contributed by atoms with Crippen molar-refractivity contribution >= 4 is 39.7 Å². The molecule has 2 fully saturated rings. The van der Waals surface area contributed by atoms with Gasteiger partial charge in [0.25, 0.3) is 5.91 Å². The van der Waals surface area contributed by atoms with Crippen molar-refractivity contribution in [2.45, 2.75) is 70.9 Å². The number of para-hydroxylation sites is 1. The van der Waals surface area contributed by atoms with Gasteiger partial charge in [-0.05, 0) is 80.0 Å². The van der Waals surface area contributed by atoms with Crippen LogP contribution in [0.2, 0.25) is 0 Å². The number of benzene rings is 1. The molecule has 0 radical (unpaired) electrons. The van der Waals surface area contributed by atoms with E-state index in [2.05, 4.69) is 28.6 Å². The summed E-state index contributed by atoms with van der Waals surface area (Å²) < 4.78 is 0. The molecular formula is C30H38N4O2S. The van der Waals surface area contributed by atoms with Crippen LogP contribution in [0.5, 0.6) is 0 Å². The normalized spacial score (nSPS) is 24.6. The Morgan fingerprint density at radius 2 is 1.89 bits per heavy atom. The fraction of sp³-hybridized carbons (Fsp3) is 0.500. The number of nitrogens with zero attached hydrogens (tertiary/aromatic N) is 2. The van der Waals surface area contributed by atoms with Crippen molar-refractivity contribution in [3.05, 3.63) is 58.4 Å². The first kappa shape index (κ1) is 25.7. The Bertz CT molecular complexity index is 1240. The Hall–Kier alpha value is -2.93. The quantitative estimate of drug-likeness (QED) is 0.405. The summed E-state index contributed by atoms with van der Waals surface area (Å²) in [6.45, 7) is 3.75. The van der Waals surface area contributed by atoms with Gasteiger partial charge in [-0.2, -0.15) is 0 Å².